The molecule has 46 heavy (non-hydrogen) atoms. The van der Waals surface area contributed by atoms with E-state index in [0.29, 0.717) is 0 Å². The van der Waals surface area contributed by atoms with Crippen molar-refractivity contribution >= 4 is 32.7 Å². The number of nitrogens with zero attached hydrogens (tertiary/aromatic N) is 2. The average molecular weight is 591 g/mol. The summed E-state index contributed by atoms with van der Waals surface area (Å²) < 4.78 is 4.99. The molecular formula is C44H34N2. The van der Waals surface area contributed by atoms with Crippen molar-refractivity contribution < 1.29 is 0 Å². The normalized spacial score (nSPS) is 15.3. The Bertz CT molecular complexity index is 2570. The fourth-order valence-electron chi connectivity index (χ4n) is 8.92. The highest BCUT2D eigenvalue weighted by Crippen LogP contribution is 2.53. The lowest BCUT2D eigenvalue weighted by molar-refractivity contribution is 0.646. The minimum atomic E-state index is -0.131. The van der Waals surface area contributed by atoms with Crippen molar-refractivity contribution in [3.8, 4) is 33.6 Å². The zero-order chi connectivity index (χ0) is 30.9. The van der Waals surface area contributed by atoms with Crippen LogP contribution in [0.25, 0.3) is 66.3 Å². The van der Waals surface area contributed by atoms with Gasteiger partial charge in [-0.1, -0.05) is 113 Å². The number of hydrogen-bond acceptors (Lipinski definition) is 0. The number of rotatable bonds is 2. The summed E-state index contributed by atoms with van der Waals surface area (Å²) in [5, 5.41) is 3.90. The lowest BCUT2D eigenvalue weighted by Crippen LogP contribution is -2.16. The monoisotopic (exact) mass is 590 g/mol. The lowest BCUT2D eigenvalue weighted by Gasteiger charge is -2.21. The smallest absolute Gasteiger partial charge is 0.0544 e. The summed E-state index contributed by atoms with van der Waals surface area (Å²) in [6.07, 6.45) is 0. The summed E-state index contributed by atoms with van der Waals surface area (Å²) in [6.45, 7) is 9.51. The van der Waals surface area contributed by atoms with E-state index in [4.69, 9.17) is 0 Å². The zero-order valence-corrected chi connectivity index (χ0v) is 26.6. The largest absolute Gasteiger partial charge is 0.312 e. The second kappa shape index (κ2) is 8.68. The number of hydrogen-bond donors (Lipinski definition) is 0. The lowest BCUT2D eigenvalue weighted by atomic mass is 9.80. The number of para-hydroxylation sites is 3. The first-order valence-corrected chi connectivity index (χ1v) is 16.4. The Hall–Kier alpha value is -5.34. The van der Waals surface area contributed by atoms with Crippen LogP contribution in [0.5, 0.6) is 0 Å². The molecule has 0 N–H and O–H groups in total. The Morgan fingerprint density at radius 2 is 1.11 bits per heavy atom. The van der Waals surface area contributed by atoms with E-state index in [1.165, 1.54) is 88.7 Å². The molecule has 2 aromatic heterocycles. The van der Waals surface area contributed by atoms with Crippen molar-refractivity contribution in [2.75, 3.05) is 0 Å². The molecule has 8 aromatic rings. The molecule has 0 radical (unpaired) electrons. The van der Waals surface area contributed by atoms with Gasteiger partial charge in [0, 0.05) is 43.9 Å². The Kier molecular flexibility index (Phi) is 4.89. The molecule has 0 bridgehead atoms. The van der Waals surface area contributed by atoms with Gasteiger partial charge >= 0.3 is 0 Å². The molecule has 2 heteroatoms. The van der Waals surface area contributed by atoms with Crippen molar-refractivity contribution in [2.24, 2.45) is 0 Å². The first-order chi connectivity index (χ1) is 22.4. The second-order valence-corrected chi connectivity index (χ2v) is 14.2. The van der Waals surface area contributed by atoms with Crippen LogP contribution >= 0.6 is 0 Å². The third-order valence-electron chi connectivity index (χ3n) is 11.1. The van der Waals surface area contributed by atoms with Crippen LogP contribution in [0.4, 0.5) is 0 Å². The number of aromatic nitrogens is 2. The van der Waals surface area contributed by atoms with Gasteiger partial charge in [0.1, 0.15) is 0 Å². The van der Waals surface area contributed by atoms with Crippen LogP contribution in [0.15, 0.2) is 133 Å². The Morgan fingerprint density at radius 3 is 1.96 bits per heavy atom. The van der Waals surface area contributed by atoms with Crippen molar-refractivity contribution in [3.63, 3.8) is 0 Å². The van der Waals surface area contributed by atoms with E-state index in [2.05, 4.69) is 170 Å². The molecule has 0 fully saturated rings. The fraction of sp³-hybridized carbons (Fsp3) is 0.136. The van der Waals surface area contributed by atoms with E-state index in [-0.39, 0.29) is 10.8 Å². The molecule has 220 valence electrons. The molecule has 2 aliphatic rings. The quantitative estimate of drug-likeness (QED) is 0.190. The van der Waals surface area contributed by atoms with Gasteiger partial charge in [0.25, 0.3) is 0 Å². The van der Waals surface area contributed by atoms with E-state index in [9.17, 15) is 0 Å². The number of fused-ring (bicyclic) bond motifs is 11. The van der Waals surface area contributed by atoms with Gasteiger partial charge in [0.2, 0.25) is 0 Å². The summed E-state index contributed by atoms with van der Waals surface area (Å²) in [4.78, 5) is 0. The molecule has 0 spiro atoms. The number of benzene rings is 6. The maximum Gasteiger partial charge on any atom is 0.0544 e. The molecule has 1 aliphatic heterocycles. The van der Waals surface area contributed by atoms with Crippen molar-refractivity contribution in [1.82, 2.24) is 9.13 Å². The van der Waals surface area contributed by atoms with Crippen LogP contribution in [-0.2, 0) is 10.8 Å². The maximum atomic E-state index is 2.52. The highest BCUT2D eigenvalue weighted by molar-refractivity contribution is 6.14. The predicted molar refractivity (Wildman–Crippen MR) is 193 cm³/mol. The van der Waals surface area contributed by atoms with Gasteiger partial charge in [-0.2, -0.15) is 0 Å². The first kappa shape index (κ1) is 25.9. The van der Waals surface area contributed by atoms with E-state index >= 15 is 0 Å². The SMILES string of the molecule is CC1(C)c2ccccc2-c2cc3c4cc(-c5c6n(c7ccccc57)-c5ccccc5C6(C)C)ccc4n(-c4ccccc4)c3cc21. The molecule has 6 aromatic carbocycles. The Balaban J connectivity index is 1.32. The molecule has 1 aliphatic carbocycles. The zero-order valence-electron chi connectivity index (χ0n) is 26.6. The van der Waals surface area contributed by atoms with Gasteiger partial charge in [0.15, 0.2) is 0 Å². The topological polar surface area (TPSA) is 9.86 Å². The Labute approximate surface area is 269 Å². The fourth-order valence-corrected chi connectivity index (χ4v) is 8.92. The third kappa shape index (κ3) is 3.12. The van der Waals surface area contributed by atoms with Gasteiger partial charge in [-0.25, -0.2) is 0 Å². The summed E-state index contributed by atoms with van der Waals surface area (Å²) in [6, 6.07) is 49.8. The van der Waals surface area contributed by atoms with Crippen LogP contribution in [0, 0.1) is 0 Å². The van der Waals surface area contributed by atoms with Crippen molar-refractivity contribution in [1.29, 1.82) is 0 Å². The van der Waals surface area contributed by atoms with E-state index < -0.39 is 0 Å². The highest BCUT2D eigenvalue weighted by Gasteiger charge is 2.40. The van der Waals surface area contributed by atoms with Crippen molar-refractivity contribution in [3.05, 3.63) is 156 Å². The maximum absolute atomic E-state index is 2.52. The van der Waals surface area contributed by atoms with Crippen LogP contribution in [-0.4, -0.2) is 9.13 Å². The van der Waals surface area contributed by atoms with E-state index in [1.54, 1.807) is 0 Å². The third-order valence-corrected chi connectivity index (χ3v) is 11.1. The molecule has 10 rings (SSSR count). The van der Waals surface area contributed by atoms with E-state index in [0.717, 1.165) is 0 Å². The minimum Gasteiger partial charge on any atom is -0.312 e. The van der Waals surface area contributed by atoms with Gasteiger partial charge < -0.3 is 9.13 Å². The standard InChI is InChI=1S/C44H34N2/c1-43(2)34-18-10-8-16-29(34)31-25-33-32-24-27(22-23-38(32)45(40(33)26-36(31)43)28-14-6-5-7-15-28)41-30-17-9-12-20-37(30)46-39-21-13-11-19-35(39)44(3,4)42(41)46/h5-26H,1-4H3. The molecule has 0 saturated heterocycles. The minimum absolute atomic E-state index is 0.0597. The van der Waals surface area contributed by atoms with Crippen molar-refractivity contribution in [2.45, 2.75) is 38.5 Å². The molecule has 2 nitrogen and oxygen atoms in total. The molecule has 3 heterocycles. The molecule has 0 amide bonds. The Morgan fingerprint density at radius 1 is 0.435 bits per heavy atom. The summed E-state index contributed by atoms with van der Waals surface area (Å²) >= 11 is 0. The predicted octanol–water partition coefficient (Wildman–Crippen LogP) is 11.3. The van der Waals surface area contributed by atoms with Gasteiger partial charge in [0.05, 0.1) is 22.2 Å². The average Bonchev–Trinajstić information content (AvgIpc) is 3.74. The van der Waals surface area contributed by atoms with Crippen LogP contribution in [0.3, 0.4) is 0 Å². The van der Waals surface area contributed by atoms with Gasteiger partial charge in [-0.3, -0.25) is 0 Å². The van der Waals surface area contributed by atoms with Crippen LogP contribution in [0.1, 0.15) is 50.1 Å². The van der Waals surface area contributed by atoms with Gasteiger partial charge in [-0.15, -0.1) is 0 Å². The molecular weight excluding hydrogens is 556 g/mol. The van der Waals surface area contributed by atoms with Crippen LogP contribution in [0.2, 0.25) is 0 Å². The summed E-state index contributed by atoms with van der Waals surface area (Å²) in [7, 11) is 0. The molecule has 0 atom stereocenters. The second-order valence-electron chi connectivity index (χ2n) is 14.2. The molecule has 0 saturated carbocycles. The summed E-state index contributed by atoms with van der Waals surface area (Å²) in [5.74, 6) is 0. The highest BCUT2D eigenvalue weighted by atomic mass is 15.0. The van der Waals surface area contributed by atoms with Gasteiger partial charge in [-0.05, 0) is 81.9 Å². The van der Waals surface area contributed by atoms with Crippen LogP contribution < -0.4 is 0 Å². The first-order valence-electron chi connectivity index (χ1n) is 16.4. The van der Waals surface area contributed by atoms with E-state index in [1.807, 2.05) is 0 Å². The summed E-state index contributed by atoms with van der Waals surface area (Å²) in [5.41, 5.74) is 17.0. The molecule has 0 unspecified atom stereocenters.